The van der Waals surface area contributed by atoms with Crippen LogP contribution in [-0.4, -0.2) is 119 Å². The first-order chi connectivity index (χ1) is 46.2. The van der Waals surface area contributed by atoms with Gasteiger partial charge in [-0.25, -0.2) is 37.9 Å². The van der Waals surface area contributed by atoms with Gasteiger partial charge in [-0.2, -0.15) is 0 Å². The summed E-state index contributed by atoms with van der Waals surface area (Å²) in [5.41, 5.74) is -2.42. The Morgan fingerprint density at radius 1 is 0.312 bits per heavy atom. The van der Waals surface area contributed by atoms with Gasteiger partial charge in [-0.15, -0.1) is 0 Å². The van der Waals surface area contributed by atoms with Gasteiger partial charge in [0, 0.05) is 22.3 Å². The molecule has 9 aromatic rings. The fourth-order valence-electron chi connectivity index (χ4n) is 12.6. The van der Waals surface area contributed by atoms with Gasteiger partial charge in [0.25, 0.3) is 45.9 Å². The fourth-order valence-corrected chi connectivity index (χ4v) is 19.9. The maximum atomic E-state index is 16.1. The van der Waals surface area contributed by atoms with E-state index in [1.807, 2.05) is 0 Å². The summed E-state index contributed by atoms with van der Waals surface area (Å²) >= 11 is 0. The summed E-state index contributed by atoms with van der Waals surface area (Å²) < 4.78 is 25.1. The van der Waals surface area contributed by atoms with Crippen LogP contribution in [0.1, 0.15) is 115 Å². The molecule has 0 saturated carbocycles. The minimum Gasteiger partial charge on any atom is -0.467 e. The molecule has 490 valence electrons. The van der Waals surface area contributed by atoms with Crippen LogP contribution in [0, 0.1) is 0 Å². The van der Waals surface area contributed by atoms with Crippen LogP contribution in [0.15, 0.2) is 189 Å². The normalized spacial score (nSPS) is 17.6. The lowest BCUT2D eigenvalue weighted by Gasteiger charge is -2.33. The quantitative estimate of drug-likeness (QED) is 0.0459. The van der Waals surface area contributed by atoms with Crippen molar-refractivity contribution in [1.82, 2.24) is 40.0 Å². The third kappa shape index (κ3) is 11.8. The van der Waals surface area contributed by atoms with Crippen molar-refractivity contribution in [2.45, 2.75) is 75.0 Å². The number of rotatable bonds is 18. The molecule has 96 heavy (non-hydrogen) atoms. The van der Waals surface area contributed by atoms with E-state index in [4.69, 9.17) is 18.9 Å². The van der Waals surface area contributed by atoms with Crippen LogP contribution in [0.5, 0.6) is 0 Å². The van der Waals surface area contributed by atoms with Crippen LogP contribution in [0.2, 0.25) is 0 Å². The van der Waals surface area contributed by atoms with Gasteiger partial charge in [-0.3, -0.25) is 38.4 Å². The lowest BCUT2D eigenvalue weighted by molar-refractivity contribution is -0.143. The molecular formula is C70H64N8O16P2. The molecule has 2 aliphatic rings. The number of fused-ring (bicyclic) bond motifs is 4. The van der Waals surface area contributed by atoms with E-state index in [9.17, 15) is 19.2 Å². The Morgan fingerprint density at radius 2 is 0.500 bits per heavy atom. The first-order valence-corrected chi connectivity index (χ1v) is 33.2. The first-order valence-electron chi connectivity index (χ1n) is 30.3. The Kier molecular flexibility index (Phi) is 19.1. The molecule has 4 amide bonds. The number of ether oxygens (including phenoxy) is 4. The highest BCUT2D eigenvalue weighted by atomic mass is 31.1. The van der Waals surface area contributed by atoms with Crippen LogP contribution in [-0.2, 0) is 38.1 Å². The summed E-state index contributed by atoms with van der Waals surface area (Å²) in [6, 6.07) is 39.6. The zero-order chi connectivity index (χ0) is 68.5. The monoisotopic (exact) mass is 1330 g/mol. The van der Waals surface area contributed by atoms with Gasteiger partial charge in [-0.1, -0.05) is 121 Å². The molecule has 0 spiro atoms. The van der Waals surface area contributed by atoms with Crippen LogP contribution < -0.4 is 54.1 Å². The number of hydrogen-bond donors (Lipinski definition) is 4. The van der Waals surface area contributed by atoms with Gasteiger partial charge in [0.15, 0.2) is 0 Å². The summed E-state index contributed by atoms with van der Waals surface area (Å²) in [7, 11) is -0.455. The molecule has 2 aliphatic heterocycles. The third-order valence-corrected chi connectivity index (χ3v) is 23.2. The van der Waals surface area contributed by atoms with E-state index in [-0.39, 0.29) is 66.1 Å². The Balaban J connectivity index is 1.31. The molecule has 7 aromatic carbocycles. The second-order valence-corrected chi connectivity index (χ2v) is 27.3. The van der Waals surface area contributed by atoms with E-state index in [1.54, 1.807) is 121 Å². The molecule has 2 aromatic heterocycles. The van der Waals surface area contributed by atoms with Gasteiger partial charge in [0.2, 0.25) is 0 Å². The summed E-state index contributed by atoms with van der Waals surface area (Å²) in [5, 5.41) is 11.5. The number of nitrogens with one attached hydrogen (secondary N) is 4. The van der Waals surface area contributed by atoms with E-state index in [0.29, 0.717) is 10.6 Å². The molecule has 0 saturated heterocycles. The SMILES string of the molecule is COC(=O)[C@H](C)NC(=O)c1ccccc1C1n2c(=O)c3ccccc3c(=O)n2[C@H](c2ccccc2C(=O)N[C@@H](C)C(=O)OC)P1c1ccccc1P1[C@@H](c2ccccc2C(=O)N[C@@H](C)C(=O)OC)n2c(=O)c3ccccc3c(=O)n2[C@@H]1c1ccccc1C(=O)N[C@@H](C)C(=O)OC. The van der Waals surface area contributed by atoms with Crippen LogP contribution in [0.25, 0.3) is 21.5 Å². The number of esters is 4. The van der Waals surface area contributed by atoms with Gasteiger partial charge < -0.3 is 40.2 Å². The van der Waals surface area contributed by atoms with Crippen molar-refractivity contribution < 1.29 is 57.3 Å². The number of nitrogens with zero attached hydrogens (tertiary/aromatic N) is 4. The zero-order valence-corrected chi connectivity index (χ0v) is 54.8. The number of aromatic nitrogens is 4. The second kappa shape index (κ2) is 27.5. The lowest BCUT2D eigenvalue weighted by atomic mass is 10.1. The Bertz CT molecular complexity index is 4360. The van der Waals surface area contributed by atoms with E-state index in [2.05, 4.69) is 21.3 Å². The van der Waals surface area contributed by atoms with Crippen LogP contribution in [0.3, 0.4) is 0 Å². The predicted molar refractivity (Wildman–Crippen MR) is 359 cm³/mol. The molecule has 4 heterocycles. The van der Waals surface area contributed by atoms with Crippen molar-refractivity contribution >= 4 is 95.5 Å². The van der Waals surface area contributed by atoms with E-state index in [0.717, 1.165) is 28.4 Å². The van der Waals surface area contributed by atoms with Crippen molar-refractivity contribution in [3.05, 3.63) is 256 Å². The maximum absolute atomic E-state index is 16.1. The smallest absolute Gasteiger partial charge is 0.328 e. The minimum absolute atomic E-state index is 0.0128. The largest absolute Gasteiger partial charge is 0.467 e. The molecule has 0 aliphatic carbocycles. The molecule has 11 rings (SSSR count). The first kappa shape index (κ1) is 66.5. The highest BCUT2D eigenvalue weighted by Gasteiger charge is 2.53. The van der Waals surface area contributed by atoms with Crippen LogP contribution >= 0.6 is 15.8 Å². The van der Waals surface area contributed by atoms with Crippen molar-refractivity contribution in [3.63, 3.8) is 0 Å². The molecule has 9 atom stereocenters. The second-order valence-electron chi connectivity index (χ2n) is 22.7. The van der Waals surface area contributed by atoms with Gasteiger partial charge >= 0.3 is 23.9 Å². The number of methoxy groups -OCH3 is 4. The molecule has 0 radical (unpaired) electrons. The predicted octanol–water partition coefficient (Wildman–Crippen LogP) is 5.63. The topological polar surface area (TPSA) is 310 Å². The van der Waals surface area contributed by atoms with Gasteiger partial charge in [-0.05, 0) is 125 Å². The lowest BCUT2D eigenvalue weighted by Crippen LogP contribution is -2.41. The van der Waals surface area contributed by atoms with E-state index in [1.165, 1.54) is 95.0 Å². The molecular weight excluding hydrogens is 1270 g/mol. The highest BCUT2D eigenvalue weighted by molar-refractivity contribution is 7.72. The summed E-state index contributed by atoms with van der Waals surface area (Å²) in [6.45, 7) is 5.69. The number of carbonyl (C=O) groups is 8. The maximum Gasteiger partial charge on any atom is 0.328 e. The average Bonchev–Trinajstić information content (AvgIpc) is 1.54. The molecule has 4 N–H and O–H groups in total. The van der Waals surface area contributed by atoms with Crippen molar-refractivity contribution in [2.75, 3.05) is 28.4 Å². The van der Waals surface area contributed by atoms with Gasteiger partial charge in [0.05, 0.1) is 50.0 Å². The standard InChI is InChI=1S/C70H64N8O16P2/c1-37(67(87)91-5)71-55(79)41-23-9-17-31-49(41)63-75-59(83)45-27-13-14-28-46(45)60(84)76(75)64(50-32-18-10-24-42(50)56(80)72-38(2)68(88)92-6)95(63)53-35-21-22-36-54(53)96-65(51-33-19-11-25-43(51)57(81)73-39(3)69(89)93-7)77-61(85)47-29-15-16-30-48(47)62(86)78(77)66(96)52-34-20-12-26-44(52)58(82)74-40(4)70(90)94-8/h9-40,63-66H,1-8H3,(H,71,79)(H,72,80)(H,73,81)(H,74,82)/t37-,38-,39-,40-,63-,64-,65-,66?,96?/m0/s1. The number of benzene rings is 7. The van der Waals surface area contributed by atoms with Crippen molar-refractivity contribution in [1.29, 1.82) is 0 Å². The Morgan fingerprint density at radius 3 is 0.708 bits per heavy atom. The van der Waals surface area contributed by atoms with E-state index < -0.39 is 133 Å². The zero-order valence-electron chi connectivity index (χ0n) is 53.0. The van der Waals surface area contributed by atoms with Crippen LogP contribution in [0.4, 0.5) is 0 Å². The van der Waals surface area contributed by atoms with Gasteiger partial charge in [0.1, 0.15) is 47.3 Å². The summed E-state index contributed by atoms with van der Waals surface area (Å²) in [6.07, 6.45) is 0. The van der Waals surface area contributed by atoms with Crippen molar-refractivity contribution in [3.8, 4) is 0 Å². The number of carbonyl (C=O) groups excluding carboxylic acids is 8. The molecule has 24 nitrogen and oxygen atoms in total. The molecule has 0 bridgehead atoms. The average molecular weight is 1340 g/mol. The third-order valence-electron chi connectivity index (χ3n) is 17.0. The molecule has 2 unspecified atom stereocenters. The molecule has 0 fully saturated rings. The van der Waals surface area contributed by atoms with Crippen molar-refractivity contribution in [2.24, 2.45) is 0 Å². The highest BCUT2D eigenvalue weighted by Crippen LogP contribution is 2.70. The molecule has 26 heteroatoms. The summed E-state index contributed by atoms with van der Waals surface area (Å²) in [4.78, 5) is 177. The fraction of sp³-hybridized carbons (Fsp3) is 0.229. The Hall–Kier alpha value is -11.0. The number of hydrogen-bond acceptors (Lipinski definition) is 16. The van der Waals surface area contributed by atoms with E-state index >= 15 is 38.4 Å². The number of amides is 4. The minimum atomic E-state index is -2.55. The summed E-state index contributed by atoms with van der Waals surface area (Å²) in [5.74, 6) is -11.9. The Labute approximate surface area is 549 Å².